The molecule has 1 atom stereocenters. The molecule has 0 aromatic carbocycles. The second-order valence-corrected chi connectivity index (χ2v) is 6.22. The minimum Gasteiger partial charge on any atom is -0.171 e. The lowest BCUT2D eigenvalue weighted by molar-refractivity contribution is -0.209. The molecule has 0 saturated heterocycles. The maximum absolute atomic E-state index is 12.5. The van der Waals surface area contributed by atoms with E-state index in [0.29, 0.717) is 24.7 Å². The lowest BCUT2D eigenvalue weighted by Crippen LogP contribution is -2.39. The van der Waals surface area contributed by atoms with Gasteiger partial charge in [0.05, 0.1) is 5.92 Å². The summed E-state index contributed by atoms with van der Waals surface area (Å²) in [5, 5.41) is 0. The van der Waals surface area contributed by atoms with Crippen molar-refractivity contribution >= 4 is 0 Å². The van der Waals surface area contributed by atoms with Crippen LogP contribution in [0.3, 0.4) is 0 Å². The summed E-state index contributed by atoms with van der Waals surface area (Å²) >= 11 is 0. The first-order valence-electron chi connectivity index (χ1n) is 8.05. The first kappa shape index (κ1) is 16.8. The second-order valence-electron chi connectivity index (χ2n) is 6.22. The predicted molar refractivity (Wildman–Crippen MR) is 74.0 cm³/mol. The van der Waals surface area contributed by atoms with Crippen LogP contribution in [0.2, 0.25) is 0 Å². The summed E-state index contributed by atoms with van der Waals surface area (Å²) in [6, 6.07) is 0. The van der Waals surface area contributed by atoms with Gasteiger partial charge >= 0.3 is 6.18 Å². The molecule has 1 aliphatic carbocycles. The molecule has 0 radical (unpaired) electrons. The van der Waals surface area contributed by atoms with Crippen molar-refractivity contribution in [1.82, 2.24) is 0 Å². The van der Waals surface area contributed by atoms with Crippen LogP contribution in [0, 0.1) is 17.8 Å². The Hall–Kier alpha value is -0.210. The van der Waals surface area contributed by atoms with Crippen LogP contribution >= 0.6 is 0 Å². The van der Waals surface area contributed by atoms with E-state index in [0.717, 1.165) is 19.3 Å². The van der Waals surface area contributed by atoms with Gasteiger partial charge in [0, 0.05) is 0 Å². The molecular formula is C16H29F3. The standard InChI is InChI=1S/C16H29F3/c1-3-5-7-8-10-13(9-6-4-2)14-11-15(12-14)16(17,18)19/h13-15H,3-12H2,1-2H3. The Labute approximate surface area is 116 Å². The highest BCUT2D eigenvalue weighted by molar-refractivity contribution is 4.88. The van der Waals surface area contributed by atoms with Crippen molar-refractivity contribution in [3.8, 4) is 0 Å². The highest BCUT2D eigenvalue weighted by Crippen LogP contribution is 2.49. The molecule has 0 aromatic rings. The predicted octanol–water partition coefficient (Wildman–Crippen LogP) is 6.35. The molecule has 1 saturated carbocycles. The van der Waals surface area contributed by atoms with E-state index in [1.54, 1.807) is 0 Å². The van der Waals surface area contributed by atoms with E-state index in [9.17, 15) is 13.2 Å². The first-order valence-corrected chi connectivity index (χ1v) is 8.05. The summed E-state index contributed by atoms with van der Waals surface area (Å²) in [5.41, 5.74) is 0. The molecule has 114 valence electrons. The van der Waals surface area contributed by atoms with Crippen LogP contribution in [-0.2, 0) is 0 Å². The molecule has 0 aromatic heterocycles. The Morgan fingerprint density at radius 3 is 2.00 bits per heavy atom. The van der Waals surface area contributed by atoms with E-state index in [-0.39, 0.29) is 0 Å². The molecule has 1 aliphatic rings. The van der Waals surface area contributed by atoms with Crippen LogP contribution in [0.15, 0.2) is 0 Å². The van der Waals surface area contributed by atoms with Crippen LogP contribution in [-0.4, -0.2) is 6.18 Å². The fraction of sp³-hybridized carbons (Fsp3) is 1.00. The molecule has 0 spiro atoms. The van der Waals surface area contributed by atoms with E-state index in [4.69, 9.17) is 0 Å². The quantitative estimate of drug-likeness (QED) is 0.431. The van der Waals surface area contributed by atoms with E-state index in [2.05, 4.69) is 13.8 Å². The number of rotatable bonds is 9. The summed E-state index contributed by atoms with van der Waals surface area (Å²) in [5.74, 6) is -0.104. The number of hydrogen-bond acceptors (Lipinski definition) is 0. The number of unbranched alkanes of at least 4 members (excludes halogenated alkanes) is 4. The number of hydrogen-bond donors (Lipinski definition) is 0. The van der Waals surface area contributed by atoms with E-state index >= 15 is 0 Å². The molecule has 3 heteroatoms. The van der Waals surface area contributed by atoms with Gasteiger partial charge in [0.2, 0.25) is 0 Å². The Bertz CT molecular complexity index is 229. The zero-order valence-corrected chi connectivity index (χ0v) is 12.4. The van der Waals surface area contributed by atoms with Gasteiger partial charge in [0.25, 0.3) is 0 Å². The lowest BCUT2D eigenvalue weighted by Gasteiger charge is -2.41. The highest BCUT2D eigenvalue weighted by Gasteiger charge is 2.49. The summed E-state index contributed by atoms with van der Waals surface area (Å²) in [7, 11) is 0. The second kappa shape index (κ2) is 8.16. The number of halogens is 3. The summed E-state index contributed by atoms with van der Waals surface area (Å²) in [4.78, 5) is 0. The van der Waals surface area contributed by atoms with Gasteiger partial charge in [-0.15, -0.1) is 0 Å². The normalized spacial score (nSPS) is 25.1. The number of alkyl halides is 3. The molecule has 0 N–H and O–H groups in total. The van der Waals surface area contributed by atoms with Crippen LogP contribution in [0.5, 0.6) is 0 Å². The van der Waals surface area contributed by atoms with Crippen LogP contribution in [0.4, 0.5) is 13.2 Å². The van der Waals surface area contributed by atoms with Crippen LogP contribution in [0.25, 0.3) is 0 Å². The van der Waals surface area contributed by atoms with Gasteiger partial charge in [0.1, 0.15) is 0 Å². The minimum absolute atomic E-state index is 0.347. The zero-order chi connectivity index (χ0) is 14.3. The van der Waals surface area contributed by atoms with Crippen molar-refractivity contribution in [2.75, 3.05) is 0 Å². The topological polar surface area (TPSA) is 0 Å². The molecule has 0 heterocycles. The Morgan fingerprint density at radius 1 is 0.895 bits per heavy atom. The maximum Gasteiger partial charge on any atom is 0.391 e. The molecule has 0 bridgehead atoms. The fourth-order valence-electron chi connectivity index (χ4n) is 3.23. The molecule has 0 aliphatic heterocycles. The molecule has 0 amide bonds. The van der Waals surface area contributed by atoms with Gasteiger partial charge in [-0.3, -0.25) is 0 Å². The van der Waals surface area contributed by atoms with Gasteiger partial charge in [-0.25, -0.2) is 0 Å². The molecule has 1 fully saturated rings. The van der Waals surface area contributed by atoms with E-state index in [1.807, 2.05) is 0 Å². The Balaban J connectivity index is 2.30. The summed E-state index contributed by atoms with van der Waals surface area (Å²) in [6.45, 7) is 4.35. The van der Waals surface area contributed by atoms with Gasteiger partial charge < -0.3 is 0 Å². The SMILES string of the molecule is CCCCCCC(CCCC)C1CC(C(F)(F)F)C1. The van der Waals surface area contributed by atoms with Crippen molar-refractivity contribution in [3.05, 3.63) is 0 Å². The average molecular weight is 278 g/mol. The minimum atomic E-state index is -3.95. The third-order valence-corrected chi connectivity index (χ3v) is 4.66. The molecule has 0 nitrogen and oxygen atoms in total. The molecule has 1 rings (SSSR count). The fourth-order valence-corrected chi connectivity index (χ4v) is 3.23. The first-order chi connectivity index (χ1) is 8.99. The van der Waals surface area contributed by atoms with Crippen molar-refractivity contribution in [3.63, 3.8) is 0 Å². The van der Waals surface area contributed by atoms with Gasteiger partial charge in [-0.05, 0) is 24.7 Å². The van der Waals surface area contributed by atoms with Gasteiger partial charge in [-0.2, -0.15) is 13.2 Å². The Kier molecular flexibility index (Phi) is 7.23. The lowest BCUT2D eigenvalue weighted by atomic mass is 9.66. The van der Waals surface area contributed by atoms with Crippen molar-refractivity contribution in [2.45, 2.75) is 84.2 Å². The van der Waals surface area contributed by atoms with Crippen LogP contribution in [0.1, 0.15) is 78.1 Å². The summed E-state index contributed by atoms with van der Waals surface area (Å²) < 4.78 is 37.6. The third-order valence-electron chi connectivity index (χ3n) is 4.66. The van der Waals surface area contributed by atoms with Crippen molar-refractivity contribution in [2.24, 2.45) is 17.8 Å². The Morgan fingerprint density at radius 2 is 1.47 bits per heavy atom. The van der Waals surface area contributed by atoms with E-state index in [1.165, 1.54) is 32.1 Å². The smallest absolute Gasteiger partial charge is 0.171 e. The monoisotopic (exact) mass is 278 g/mol. The van der Waals surface area contributed by atoms with Crippen molar-refractivity contribution in [1.29, 1.82) is 0 Å². The maximum atomic E-state index is 12.5. The molecule has 1 unspecified atom stereocenters. The van der Waals surface area contributed by atoms with Crippen LogP contribution < -0.4 is 0 Å². The molecule has 19 heavy (non-hydrogen) atoms. The third kappa shape index (κ3) is 5.74. The van der Waals surface area contributed by atoms with Gasteiger partial charge in [0.15, 0.2) is 0 Å². The largest absolute Gasteiger partial charge is 0.391 e. The van der Waals surface area contributed by atoms with Crippen molar-refractivity contribution < 1.29 is 13.2 Å². The average Bonchev–Trinajstić information content (AvgIpc) is 2.26. The highest BCUT2D eigenvalue weighted by atomic mass is 19.4. The van der Waals surface area contributed by atoms with E-state index < -0.39 is 12.1 Å². The molecular weight excluding hydrogens is 249 g/mol. The van der Waals surface area contributed by atoms with Gasteiger partial charge in [-0.1, -0.05) is 65.2 Å². The summed E-state index contributed by atoms with van der Waals surface area (Å²) in [6.07, 6.45) is 6.38. The zero-order valence-electron chi connectivity index (χ0n) is 12.4.